The van der Waals surface area contributed by atoms with Gasteiger partial charge in [-0.1, -0.05) is 62.2 Å². The van der Waals surface area contributed by atoms with E-state index in [1.807, 2.05) is 24.3 Å². The molecular formula is C35H49Cl2N3O3. The van der Waals surface area contributed by atoms with E-state index in [0.717, 1.165) is 74.9 Å². The van der Waals surface area contributed by atoms with Gasteiger partial charge in [-0.3, -0.25) is 9.89 Å². The lowest BCUT2D eigenvalue weighted by Crippen LogP contribution is -2.61. The van der Waals surface area contributed by atoms with E-state index >= 15 is 0 Å². The zero-order chi connectivity index (χ0) is 31.6. The van der Waals surface area contributed by atoms with Gasteiger partial charge in [0, 0.05) is 47.4 Å². The van der Waals surface area contributed by atoms with Crippen LogP contribution in [0.3, 0.4) is 0 Å². The Morgan fingerprint density at radius 2 is 1.67 bits per heavy atom. The summed E-state index contributed by atoms with van der Waals surface area (Å²) in [5.74, 6) is -0.894. The Labute approximate surface area is 268 Å². The Morgan fingerprint density at radius 1 is 1.05 bits per heavy atom. The average Bonchev–Trinajstić information content (AvgIpc) is 3.27. The van der Waals surface area contributed by atoms with Crippen molar-refractivity contribution >= 4 is 34.9 Å². The zero-order valence-electron chi connectivity index (χ0n) is 26.9. The molecule has 0 aromatic heterocycles. The molecule has 1 aromatic carbocycles. The fraction of sp³-hybridized carbons (Fsp3) is 0.600. The minimum atomic E-state index is -0.894. The molecule has 2 unspecified atom stereocenters. The normalized spacial score (nSPS) is 22.8. The van der Waals surface area contributed by atoms with Gasteiger partial charge in [0.2, 0.25) is 0 Å². The molecule has 0 radical (unpaired) electrons. The van der Waals surface area contributed by atoms with Crippen molar-refractivity contribution < 1.29 is 14.6 Å². The number of benzene rings is 1. The number of piperidine rings is 1. The van der Waals surface area contributed by atoms with Crippen LogP contribution in [-0.4, -0.2) is 70.3 Å². The van der Waals surface area contributed by atoms with Crippen LogP contribution in [0.25, 0.3) is 0 Å². The number of methoxy groups -OCH3 is 1. The third-order valence-corrected chi connectivity index (χ3v) is 9.37. The molecule has 2 aliphatic heterocycles. The van der Waals surface area contributed by atoms with Gasteiger partial charge in [0.05, 0.1) is 11.3 Å². The van der Waals surface area contributed by atoms with Crippen molar-refractivity contribution in [3.05, 3.63) is 69.3 Å². The first-order chi connectivity index (χ1) is 20.1. The largest absolute Gasteiger partial charge is 0.478 e. The van der Waals surface area contributed by atoms with Crippen molar-refractivity contribution in [2.75, 3.05) is 20.2 Å². The van der Waals surface area contributed by atoms with Crippen LogP contribution in [0.15, 0.2) is 58.6 Å². The Bertz CT molecular complexity index is 1270. The number of hydrogen-bond acceptors (Lipinski definition) is 5. The molecule has 1 aliphatic carbocycles. The maximum absolute atomic E-state index is 12.0. The van der Waals surface area contributed by atoms with Gasteiger partial charge < -0.3 is 9.84 Å². The van der Waals surface area contributed by atoms with Crippen LogP contribution in [0.4, 0.5) is 0 Å². The van der Waals surface area contributed by atoms with Crippen molar-refractivity contribution in [2.45, 2.75) is 110 Å². The summed E-state index contributed by atoms with van der Waals surface area (Å²) in [4.78, 5) is 22.6. The molecule has 1 N–H and O–H groups in total. The molecule has 0 amide bonds. The van der Waals surface area contributed by atoms with Gasteiger partial charge >= 0.3 is 5.97 Å². The Kier molecular flexibility index (Phi) is 10.7. The van der Waals surface area contributed by atoms with E-state index in [4.69, 9.17) is 32.9 Å². The predicted octanol–water partition coefficient (Wildman–Crippen LogP) is 8.53. The van der Waals surface area contributed by atoms with Crippen LogP contribution in [0, 0.1) is 5.41 Å². The molecule has 4 rings (SSSR count). The molecule has 1 spiro atoms. The average molecular weight is 631 g/mol. The molecule has 1 saturated heterocycles. The first-order valence-electron chi connectivity index (χ1n) is 15.6. The second-order valence-electron chi connectivity index (χ2n) is 14.3. The number of likely N-dealkylation sites (tertiary alicyclic amines) is 1. The molecule has 3 aliphatic rings. The molecule has 2 heterocycles. The van der Waals surface area contributed by atoms with E-state index in [1.165, 1.54) is 0 Å². The number of aliphatic imine (C=N–C) groups is 1. The number of ether oxygens (including phenoxy) is 1. The lowest BCUT2D eigenvalue weighted by molar-refractivity contribution is -0.132. The molecule has 236 valence electrons. The van der Waals surface area contributed by atoms with Gasteiger partial charge in [0.25, 0.3) is 0 Å². The van der Waals surface area contributed by atoms with E-state index in [1.54, 1.807) is 19.3 Å². The SMILES string of the molecule is COC1C(c2cc(Cl)cc(Cl)c2)=NC2(CCN(C(C)(C)C)CC2)N1C(CCC(C)(C)C)C1=CCCCC=C(C(=O)O)C=C1. The standard InChI is InChI=1S/C35H49Cl2N3O3/c1-33(2,3)16-15-29(24-11-9-8-10-12-25(14-13-24)32(41)42)40-31(43-7)30(26-21-27(36)23-28(37)22-26)38-35(40)17-19-39(20-18-35)34(4,5)6/h11-14,21-23,29,31H,8-10,15-20H2,1-7H3,(H,41,42). The minimum absolute atomic E-state index is 0.0364. The summed E-state index contributed by atoms with van der Waals surface area (Å²) in [5.41, 5.74) is 2.86. The third-order valence-electron chi connectivity index (χ3n) is 8.93. The first-order valence-corrected chi connectivity index (χ1v) is 16.3. The molecule has 2 atom stereocenters. The van der Waals surface area contributed by atoms with Crippen molar-refractivity contribution in [1.29, 1.82) is 0 Å². The number of allylic oxidation sites excluding steroid dienone is 2. The lowest BCUT2D eigenvalue weighted by atomic mass is 9.84. The minimum Gasteiger partial charge on any atom is -0.478 e. The van der Waals surface area contributed by atoms with Gasteiger partial charge in [-0.25, -0.2) is 9.69 Å². The van der Waals surface area contributed by atoms with Crippen LogP contribution in [-0.2, 0) is 9.53 Å². The van der Waals surface area contributed by atoms with Gasteiger partial charge in [0.1, 0.15) is 5.66 Å². The quantitative estimate of drug-likeness (QED) is 0.327. The van der Waals surface area contributed by atoms with Crippen molar-refractivity contribution in [3.63, 3.8) is 0 Å². The summed E-state index contributed by atoms with van der Waals surface area (Å²) < 4.78 is 6.37. The van der Waals surface area contributed by atoms with Gasteiger partial charge in [-0.15, -0.1) is 0 Å². The summed E-state index contributed by atoms with van der Waals surface area (Å²) in [7, 11) is 1.75. The summed E-state index contributed by atoms with van der Waals surface area (Å²) >= 11 is 13.0. The fourth-order valence-corrected chi connectivity index (χ4v) is 7.11. The predicted molar refractivity (Wildman–Crippen MR) is 178 cm³/mol. The highest BCUT2D eigenvalue weighted by atomic mass is 35.5. The number of halogens is 2. The molecule has 0 saturated carbocycles. The van der Waals surface area contributed by atoms with E-state index in [0.29, 0.717) is 15.6 Å². The van der Waals surface area contributed by atoms with Crippen molar-refractivity contribution in [3.8, 4) is 0 Å². The Hall–Kier alpha value is -1.96. The number of aliphatic carboxylic acids is 1. The molecule has 0 bridgehead atoms. The number of hydrogen-bond donors (Lipinski definition) is 1. The van der Waals surface area contributed by atoms with Crippen LogP contribution in [0.5, 0.6) is 0 Å². The number of carbonyl (C=O) groups is 1. The fourth-order valence-electron chi connectivity index (χ4n) is 6.59. The van der Waals surface area contributed by atoms with Crippen molar-refractivity contribution in [1.82, 2.24) is 9.80 Å². The smallest absolute Gasteiger partial charge is 0.335 e. The number of rotatable bonds is 7. The van der Waals surface area contributed by atoms with Crippen LogP contribution >= 0.6 is 23.2 Å². The Morgan fingerprint density at radius 3 is 2.23 bits per heavy atom. The molecular weight excluding hydrogens is 581 g/mol. The molecule has 1 fully saturated rings. The molecule has 1 aromatic rings. The Balaban J connectivity index is 1.87. The molecule has 8 heteroatoms. The highest BCUT2D eigenvalue weighted by Crippen LogP contribution is 2.45. The topological polar surface area (TPSA) is 65.4 Å². The van der Waals surface area contributed by atoms with Crippen LogP contribution < -0.4 is 0 Å². The van der Waals surface area contributed by atoms with Gasteiger partial charge in [0.15, 0.2) is 6.23 Å². The number of nitrogens with zero attached hydrogens (tertiary/aromatic N) is 3. The molecule has 6 nitrogen and oxygen atoms in total. The first kappa shape index (κ1) is 33.9. The number of carboxylic acid groups (broad SMARTS) is 1. The second kappa shape index (κ2) is 13.6. The van der Waals surface area contributed by atoms with Crippen molar-refractivity contribution in [2.24, 2.45) is 10.4 Å². The number of carboxylic acids is 1. The lowest BCUT2D eigenvalue weighted by Gasteiger charge is -2.50. The van der Waals surface area contributed by atoms with Crippen LogP contribution in [0.2, 0.25) is 10.0 Å². The summed E-state index contributed by atoms with van der Waals surface area (Å²) in [6.07, 6.45) is 13.6. The van der Waals surface area contributed by atoms with E-state index in [-0.39, 0.29) is 17.0 Å². The zero-order valence-corrected chi connectivity index (χ0v) is 28.4. The highest BCUT2D eigenvalue weighted by molar-refractivity contribution is 6.35. The van der Waals surface area contributed by atoms with Gasteiger partial charge in [-0.2, -0.15) is 0 Å². The summed E-state index contributed by atoms with van der Waals surface area (Å²) in [6, 6.07) is 5.55. The summed E-state index contributed by atoms with van der Waals surface area (Å²) in [6.45, 7) is 15.4. The maximum atomic E-state index is 12.0. The molecule has 43 heavy (non-hydrogen) atoms. The van der Waals surface area contributed by atoms with Crippen LogP contribution in [0.1, 0.15) is 92.1 Å². The van der Waals surface area contributed by atoms with E-state index in [2.05, 4.69) is 57.4 Å². The van der Waals surface area contributed by atoms with E-state index < -0.39 is 17.9 Å². The third kappa shape index (κ3) is 8.20. The van der Waals surface area contributed by atoms with E-state index in [9.17, 15) is 9.90 Å². The monoisotopic (exact) mass is 629 g/mol. The van der Waals surface area contributed by atoms with Gasteiger partial charge in [-0.05, 0) is 101 Å². The highest BCUT2D eigenvalue weighted by Gasteiger charge is 2.53. The maximum Gasteiger partial charge on any atom is 0.335 e. The summed E-state index contributed by atoms with van der Waals surface area (Å²) in [5, 5.41) is 11.0. The second-order valence-corrected chi connectivity index (χ2v) is 15.2.